The molecule has 4 aliphatic rings. The highest BCUT2D eigenvalue weighted by Crippen LogP contribution is 2.55. The lowest BCUT2D eigenvalue weighted by Gasteiger charge is -2.38. The number of fused-ring (bicyclic) bond motifs is 14. The Morgan fingerprint density at radius 2 is 1.49 bits per heavy atom. The van der Waals surface area contributed by atoms with Crippen LogP contribution in [0, 0.1) is 30.6 Å². The first kappa shape index (κ1) is 48.9. The molecule has 15 nitrogen and oxygen atoms in total. The van der Waals surface area contributed by atoms with Gasteiger partial charge in [-0.3, -0.25) is 19.4 Å². The van der Waals surface area contributed by atoms with Crippen LogP contribution in [0.3, 0.4) is 0 Å². The molecule has 0 aliphatic carbocycles. The van der Waals surface area contributed by atoms with Gasteiger partial charge in [-0.1, -0.05) is 84.4 Å². The number of esters is 1. The molecule has 0 radical (unpaired) electrons. The van der Waals surface area contributed by atoms with Gasteiger partial charge in [-0.25, -0.2) is 0 Å². The molecule has 2 aromatic rings. The topological polar surface area (TPSA) is 217 Å². The SMILES string of the molecule is COC1/C=C/OC2(C)Oc3c(C)c(O)c4c(O)c(c(C=NN5CCCCCCCCCC5)c(O)c4c3C2=O)NC(=O)/C(C)=C/C=C/C(C)C(O)C(C)C(O)C(C)C(OC(C)=O)C1C. The number of methoxy groups -OCH3 is 1. The van der Waals surface area contributed by atoms with Gasteiger partial charge in [0.15, 0.2) is 5.75 Å². The summed E-state index contributed by atoms with van der Waals surface area (Å²) in [6, 6.07) is 0. The number of nitrogens with one attached hydrogen (secondary N) is 1. The number of amides is 1. The fourth-order valence-corrected chi connectivity index (χ4v) is 8.89. The molecular weight excluding hydrogens is 811 g/mol. The molecule has 4 aliphatic heterocycles. The van der Waals surface area contributed by atoms with Crippen molar-refractivity contribution in [2.45, 2.75) is 137 Å². The second-order valence-electron chi connectivity index (χ2n) is 17.6. The van der Waals surface area contributed by atoms with Crippen LogP contribution in [-0.4, -0.2) is 105 Å². The smallest absolute Gasteiger partial charge is 0.312 e. The van der Waals surface area contributed by atoms with E-state index in [9.17, 15) is 39.9 Å². The zero-order chi connectivity index (χ0) is 46.3. The summed E-state index contributed by atoms with van der Waals surface area (Å²) in [5.41, 5.74) is -0.263. The number of aliphatic hydroxyl groups excluding tert-OH is 2. The highest BCUT2D eigenvalue weighted by atomic mass is 16.7. The van der Waals surface area contributed by atoms with Crippen LogP contribution in [0.5, 0.6) is 23.0 Å². The Hall–Kier alpha value is -5.12. The van der Waals surface area contributed by atoms with Crippen molar-refractivity contribution in [1.82, 2.24) is 5.01 Å². The van der Waals surface area contributed by atoms with Crippen molar-refractivity contribution < 1.29 is 58.9 Å². The fraction of sp³-hybridized carbons (Fsp3) is 0.583. The van der Waals surface area contributed by atoms with E-state index in [-0.39, 0.29) is 44.5 Å². The number of aromatic hydroxyl groups is 3. The van der Waals surface area contributed by atoms with Crippen molar-refractivity contribution >= 4 is 40.3 Å². The number of carbonyl (C=O) groups is 3. The van der Waals surface area contributed by atoms with Crippen molar-refractivity contribution in [2.24, 2.45) is 28.8 Å². The number of hydrogen-bond donors (Lipinski definition) is 6. The van der Waals surface area contributed by atoms with E-state index >= 15 is 0 Å². The zero-order valence-corrected chi connectivity index (χ0v) is 38.1. The third-order valence-electron chi connectivity index (χ3n) is 13.0. The molecule has 4 heterocycles. The maximum Gasteiger partial charge on any atom is 0.312 e. The summed E-state index contributed by atoms with van der Waals surface area (Å²) in [7, 11) is 1.45. The predicted molar refractivity (Wildman–Crippen MR) is 240 cm³/mol. The molecule has 0 saturated carbocycles. The number of anilines is 1. The van der Waals surface area contributed by atoms with Gasteiger partial charge in [-0.15, -0.1) is 0 Å². The maximum absolute atomic E-state index is 14.6. The lowest BCUT2D eigenvalue weighted by atomic mass is 9.78. The van der Waals surface area contributed by atoms with Gasteiger partial charge in [0, 0.05) is 74.2 Å². The third-order valence-corrected chi connectivity index (χ3v) is 13.0. The summed E-state index contributed by atoms with van der Waals surface area (Å²) in [6.07, 6.45) is 13.5. The number of nitrogens with zero attached hydrogens (tertiary/aromatic N) is 2. The molecule has 0 spiro atoms. The maximum atomic E-state index is 14.6. The van der Waals surface area contributed by atoms with Crippen LogP contribution in [0.15, 0.2) is 41.2 Å². The molecule has 63 heavy (non-hydrogen) atoms. The van der Waals surface area contributed by atoms with Crippen LogP contribution in [0.25, 0.3) is 10.8 Å². The molecule has 9 unspecified atom stereocenters. The third kappa shape index (κ3) is 10.6. The molecule has 0 aromatic heterocycles. The lowest BCUT2D eigenvalue weighted by Crippen LogP contribution is -2.46. The minimum absolute atomic E-state index is 0.0662. The largest absolute Gasteiger partial charge is 0.507 e. The van der Waals surface area contributed by atoms with E-state index in [0.717, 1.165) is 38.5 Å². The molecule has 2 aromatic carbocycles. The number of ether oxygens (including phenoxy) is 4. The van der Waals surface area contributed by atoms with Gasteiger partial charge < -0.3 is 49.8 Å². The van der Waals surface area contributed by atoms with E-state index in [1.807, 2.05) is 5.01 Å². The highest BCUT2D eigenvalue weighted by molar-refractivity contribution is 6.23. The first-order valence-electron chi connectivity index (χ1n) is 22.2. The van der Waals surface area contributed by atoms with E-state index in [1.54, 1.807) is 46.8 Å². The average Bonchev–Trinajstić information content (AvgIpc) is 3.48. The minimum Gasteiger partial charge on any atom is -0.507 e. The van der Waals surface area contributed by atoms with Gasteiger partial charge in [0.05, 0.1) is 53.0 Å². The molecule has 346 valence electrons. The summed E-state index contributed by atoms with van der Waals surface area (Å²) < 4.78 is 23.7. The lowest BCUT2D eigenvalue weighted by molar-refractivity contribution is -0.160. The fourth-order valence-electron chi connectivity index (χ4n) is 8.89. The van der Waals surface area contributed by atoms with Gasteiger partial charge in [0.2, 0.25) is 0 Å². The van der Waals surface area contributed by atoms with Crippen LogP contribution in [-0.2, 0) is 23.8 Å². The predicted octanol–water partition coefficient (Wildman–Crippen LogP) is 7.52. The Bertz CT molecular complexity index is 2120. The van der Waals surface area contributed by atoms with Gasteiger partial charge in [0.1, 0.15) is 23.4 Å². The van der Waals surface area contributed by atoms with Gasteiger partial charge in [-0.05, 0) is 32.8 Å². The van der Waals surface area contributed by atoms with Crippen LogP contribution in [0.2, 0.25) is 0 Å². The standard InChI is InChI=1S/C48H67N3O12/c1-26-19-18-20-27(2)47(59)50-38-33(25-49-51-22-16-14-12-10-11-13-15-17-23-51)42(56)35-36(43(38)57)41(55)31(6)45-37(35)46(58)48(8,63-45)61-24-21-34(60-9)28(3)44(62-32(7)52)30(5)40(54)29(4)39(26)53/h18-21,24-26,28-30,34,39-40,44,53-57H,10-17,22-23H2,1-9H3,(H,50,59)/b19-18+,24-21+,27-20+,49-25?. The van der Waals surface area contributed by atoms with Gasteiger partial charge in [0.25, 0.3) is 11.7 Å². The Morgan fingerprint density at radius 3 is 2.10 bits per heavy atom. The number of carbonyl (C=O) groups excluding carboxylic acids is 3. The molecular formula is C48H67N3O12. The van der Waals surface area contributed by atoms with E-state index in [2.05, 4.69) is 5.32 Å². The number of benzene rings is 2. The molecule has 15 heteroatoms. The van der Waals surface area contributed by atoms with Crippen LogP contribution < -0.4 is 10.1 Å². The second-order valence-corrected chi connectivity index (χ2v) is 17.6. The normalized spacial score (nSPS) is 31.4. The number of ketones is 1. The molecule has 5 bridgehead atoms. The van der Waals surface area contributed by atoms with Gasteiger partial charge >= 0.3 is 11.8 Å². The monoisotopic (exact) mass is 877 g/mol. The Balaban J connectivity index is 1.70. The highest BCUT2D eigenvalue weighted by Gasteiger charge is 2.50. The molecule has 1 fully saturated rings. The number of phenolic OH excluding ortho intramolecular Hbond substituents is 3. The van der Waals surface area contributed by atoms with E-state index in [4.69, 9.17) is 24.0 Å². The molecule has 6 N–H and O–H groups in total. The molecule has 6 rings (SSSR count). The first-order chi connectivity index (χ1) is 29.8. The molecule has 9 atom stereocenters. The number of aliphatic hydroxyl groups is 2. The van der Waals surface area contributed by atoms with Crippen molar-refractivity contribution in [2.75, 3.05) is 25.5 Å². The van der Waals surface area contributed by atoms with Crippen molar-refractivity contribution in [3.05, 3.63) is 52.8 Å². The summed E-state index contributed by atoms with van der Waals surface area (Å²) in [4.78, 5) is 40.8. The van der Waals surface area contributed by atoms with E-state index in [1.165, 1.54) is 65.4 Å². The van der Waals surface area contributed by atoms with E-state index < -0.39 is 88.8 Å². The van der Waals surface area contributed by atoms with E-state index in [0.29, 0.717) is 13.1 Å². The quantitative estimate of drug-likeness (QED) is 0.0759. The number of hydrazone groups is 1. The first-order valence-corrected chi connectivity index (χ1v) is 22.2. The average molecular weight is 878 g/mol. The minimum atomic E-state index is -2.04. The van der Waals surface area contributed by atoms with Crippen LogP contribution in [0.1, 0.15) is 121 Å². The van der Waals surface area contributed by atoms with Crippen molar-refractivity contribution in [3.8, 4) is 23.0 Å². The van der Waals surface area contributed by atoms with Crippen molar-refractivity contribution in [1.29, 1.82) is 0 Å². The summed E-state index contributed by atoms with van der Waals surface area (Å²) in [6.45, 7) is 13.9. The Kier molecular flexibility index (Phi) is 16.3. The molecule has 1 saturated heterocycles. The number of allylic oxidation sites excluding steroid dienone is 2. The Labute approximate surface area is 370 Å². The Morgan fingerprint density at radius 1 is 0.873 bits per heavy atom. The summed E-state index contributed by atoms with van der Waals surface area (Å²) in [5, 5.41) is 67.8. The number of phenols is 3. The molecule has 1 amide bonds. The number of rotatable bonds is 4. The summed E-state index contributed by atoms with van der Waals surface area (Å²) >= 11 is 0. The van der Waals surface area contributed by atoms with Gasteiger partial charge in [-0.2, -0.15) is 5.10 Å². The second kappa shape index (κ2) is 21.0. The number of hydrogen-bond acceptors (Lipinski definition) is 14. The number of Topliss-reactive ketones (excluding diaryl/α,β-unsaturated/α-hetero) is 1. The summed E-state index contributed by atoms with van der Waals surface area (Å²) in [5.74, 6) is -8.24. The zero-order valence-electron chi connectivity index (χ0n) is 38.1. The van der Waals surface area contributed by atoms with Crippen LogP contribution >= 0.6 is 0 Å². The van der Waals surface area contributed by atoms with Crippen molar-refractivity contribution in [3.63, 3.8) is 0 Å². The van der Waals surface area contributed by atoms with Crippen LogP contribution in [0.4, 0.5) is 5.69 Å².